The molecule has 1 unspecified atom stereocenters. The van der Waals surface area contributed by atoms with Gasteiger partial charge in [-0.2, -0.15) is 11.8 Å². The molecular weight excluding hydrogens is 491 g/mol. The number of alkyl carbamates (subject to hydrolysis) is 1. The van der Waals surface area contributed by atoms with Crippen LogP contribution in [0, 0.1) is 5.82 Å². The van der Waals surface area contributed by atoms with Gasteiger partial charge >= 0.3 is 12.2 Å². The summed E-state index contributed by atoms with van der Waals surface area (Å²) in [5.41, 5.74) is 0.159. The summed E-state index contributed by atoms with van der Waals surface area (Å²) in [6.07, 6.45) is 0.414. The van der Waals surface area contributed by atoms with Crippen molar-refractivity contribution < 1.29 is 33.0 Å². The fraction of sp³-hybridized carbons (Fsp3) is 0.625. The van der Waals surface area contributed by atoms with Crippen molar-refractivity contribution in [1.82, 2.24) is 10.6 Å². The normalized spacial score (nSPS) is 19.0. The van der Waals surface area contributed by atoms with Crippen LogP contribution in [0.15, 0.2) is 18.2 Å². The SMILES string of the molecule is CSCCC(NC(=O)OC(C)(C)C)C(=O)NC[C@H]1CN(c2ccc(N3CCOCC3)c(F)c2)C(=O)O1. The second-order valence-corrected chi connectivity index (χ2v) is 10.6. The Morgan fingerprint density at radius 1 is 1.28 bits per heavy atom. The lowest BCUT2D eigenvalue weighted by Gasteiger charge is -2.29. The number of halogens is 1. The van der Waals surface area contributed by atoms with E-state index in [2.05, 4.69) is 10.6 Å². The molecule has 2 heterocycles. The molecule has 1 aromatic carbocycles. The van der Waals surface area contributed by atoms with Crippen LogP contribution in [0.4, 0.5) is 25.4 Å². The average molecular weight is 527 g/mol. The molecule has 12 heteroatoms. The molecule has 0 spiro atoms. The maximum Gasteiger partial charge on any atom is 0.414 e. The van der Waals surface area contributed by atoms with E-state index in [-0.39, 0.29) is 13.1 Å². The van der Waals surface area contributed by atoms with Crippen molar-refractivity contribution in [3.8, 4) is 0 Å². The third kappa shape index (κ3) is 7.89. The summed E-state index contributed by atoms with van der Waals surface area (Å²) in [5, 5.41) is 5.35. The van der Waals surface area contributed by atoms with Crippen LogP contribution < -0.4 is 20.4 Å². The summed E-state index contributed by atoms with van der Waals surface area (Å²) in [6.45, 7) is 7.72. The molecule has 1 aromatic rings. The van der Waals surface area contributed by atoms with E-state index in [0.29, 0.717) is 49.9 Å². The minimum atomic E-state index is -0.790. The first-order chi connectivity index (χ1) is 17.1. The van der Waals surface area contributed by atoms with Gasteiger partial charge in [-0.3, -0.25) is 9.69 Å². The largest absolute Gasteiger partial charge is 0.444 e. The molecule has 0 aliphatic carbocycles. The predicted octanol–water partition coefficient (Wildman–Crippen LogP) is 2.75. The van der Waals surface area contributed by atoms with Gasteiger partial charge in [0.2, 0.25) is 5.91 Å². The first-order valence-corrected chi connectivity index (χ1v) is 13.3. The molecule has 3 amide bonds. The highest BCUT2D eigenvalue weighted by atomic mass is 32.2. The number of nitrogens with zero attached hydrogens (tertiary/aromatic N) is 2. The highest BCUT2D eigenvalue weighted by Crippen LogP contribution is 2.28. The van der Waals surface area contributed by atoms with Crippen LogP contribution in [0.1, 0.15) is 27.2 Å². The molecule has 3 rings (SSSR count). The fourth-order valence-corrected chi connectivity index (χ4v) is 4.33. The van der Waals surface area contributed by atoms with Gasteiger partial charge in [0.1, 0.15) is 23.6 Å². The van der Waals surface area contributed by atoms with Gasteiger partial charge in [0.25, 0.3) is 0 Å². The lowest BCUT2D eigenvalue weighted by molar-refractivity contribution is -0.123. The first-order valence-electron chi connectivity index (χ1n) is 11.9. The van der Waals surface area contributed by atoms with Gasteiger partial charge in [-0.1, -0.05) is 0 Å². The molecule has 2 saturated heterocycles. The van der Waals surface area contributed by atoms with Crippen LogP contribution in [0.2, 0.25) is 0 Å². The van der Waals surface area contributed by atoms with Crippen LogP contribution in [0.25, 0.3) is 0 Å². The maximum atomic E-state index is 14.8. The molecule has 2 fully saturated rings. The summed E-state index contributed by atoms with van der Waals surface area (Å²) in [6, 6.07) is 3.86. The molecule has 10 nitrogen and oxygen atoms in total. The Bertz CT molecular complexity index is 938. The highest BCUT2D eigenvalue weighted by molar-refractivity contribution is 7.98. The first kappa shape index (κ1) is 27.9. The second kappa shape index (κ2) is 12.5. The zero-order chi connectivity index (χ0) is 26.3. The number of nitrogens with one attached hydrogen (secondary N) is 2. The van der Waals surface area contributed by atoms with E-state index in [1.807, 2.05) is 11.2 Å². The number of anilines is 2. The Labute approximate surface area is 215 Å². The van der Waals surface area contributed by atoms with Crippen LogP contribution in [0.3, 0.4) is 0 Å². The average Bonchev–Trinajstić information content (AvgIpc) is 3.20. The number of carbonyl (C=O) groups is 3. The molecule has 2 aliphatic rings. The standard InChI is InChI=1S/C24H35FN4O6S/c1-24(2,3)35-22(31)27-19(7-12-36-4)21(30)26-14-17-15-29(23(32)34-17)16-5-6-20(18(25)13-16)28-8-10-33-11-9-28/h5-6,13,17,19H,7-12,14-15H2,1-4H3,(H,26,30)(H,27,31)/t17-,19?/m0/s1. The van der Waals surface area contributed by atoms with Crippen molar-refractivity contribution in [1.29, 1.82) is 0 Å². The summed E-state index contributed by atoms with van der Waals surface area (Å²) < 4.78 is 30.7. The maximum absolute atomic E-state index is 14.8. The number of rotatable bonds is 9. The van der Waals surface area contributed by atoms with E-state index in [1.54, 1.807) is 44.7 Å². The van der Waals surface area contributed by atoms with Crippen LogP contribution in [0.5, 0.6) is 0 Å². The molecule has 2 aliphatic heterocycles. The molecule has 2 atom stereocenters. The van der Waals surface area contributed by atoms with Gasteiger partial charge < -0.3 is 29.7 Å². The van der Waals surface area contributed by atoms with Gasteiger partial charge in [0.15, 0.2) is 0 Å². The van der Waals surface area contributed by atoms with Gasteiger partial charge in [0, 0.05) is 13.1 Å². The molecule has 36 heavy (non-hydrogen) atoms. The van der Waals surface area contributed by atoms with E-state index in [4.69, 9.17) is 14.2 Å². The third-order valence-corrected chi connectivity index (χ3v) is 6.23. The van der Waals surface area contributed by atoms with Gasteiger partial charge in [-0.05, 0) is 57.4 Å². The van der Waals surface area contributed by atoms with Gasteiger partial charge in [-0.15, -0.1) is 0 Å². The second-order valence-electron chi connectivity index (χ2n) is 9.58. The number of cyclic esters (lactones) is 1. The van der Waals surface area contributed by atoms with Crippen LogP contribution in [-0.4, -0.2) is 87.2 Å². The molecule has 0 aromatic heterocycles. The summed E-state index contributed by atoms with van der Waals surface area (Å²) in [5.74, 6) is -0.166. The Morgan fingerprint density at radius 3 is 2.64 bits per heavy atom. The van der Waals surface area contributed by atoms with Gasteiger partial charge in [0.05, 0.1) is 37.7 Å². The topological polar surface area (TPSA) is 109 Å². The van der Waals surface area contributed by atoms with E-state index in [0.717, 1.165) is 0 Å². The Balaban J connectivity index is 1.56. The van der Waals surface area contributed by atoms with Crippen molar-refractivity contribution in [3.05, 3.63) is 24.0 Å². The lowest BCUT2D eigenvalue weighted by atomic mass is 10.2. The summed E-state index contributed by atoms with van der Waals surface area (Å²) in [7, 11) is 0. The molecule has 2 N–H and O–H groups in total. The van der Waals surface area contributed by atoms with Crippen molar-refractivity contribution in [2.24, 2.45) is 0 Å². The fourth-order valence-electron chi connectivity index (χ4n) is 3.86. The minimum absolute atomic E-state index is 0.0567. The van der Waals surface area contributed by atoms with Crippen molar-refractivity contribution in [3.63, 3.8) is 0 Å². The number of ether oxygens (including phenoxy) is 3. The number of carbonyl (C=O) groups excluding carboxylic acids is 3. The number of hydrogen-bond acceptors (Lipinski definition) is 8. The quantitative estimate of drug-likeness (QED) is 0.506. The number of morpholine rings is 1. The van der Waals surface area contributed by atoms with Crippen molar-refractivity contribution in [2.75, 3.05) is 61.2 Å². The Kier molecular flexibility index (Phi) is 9.66. The minimum Gasteiger partial charge on any atom is -0.444 e. The Hall–Kier alpha value is -2.73. The molecule has 0 radical (unpaired) electrons. The lowest BCUT2D eigenvalue weighted by Crippen LogP contribution is -2.50. The highest BCUT2D eigenvalue weighted by Gasteiger charge is 2.34. The monoisotopic (exact) mass is 526 g/mol. The summed E-state index contributed by atoms with van der Waals surface area (Å²) in [4.78, 5) is 40.6. The number of benzene rings is 1. The zero-order valence-electron chi connectivity index (χ0n) is 21.2. The zero-order valence-corrected chi connectivity index (χ0v) is 22.0. The smallest absolute Gasteiger partial charge is 0.414 e. The van der Waals surface area contributed by atoms with Crippen molar-refractivity contribution in [2.45, 2.75) is 44.9 Å². The molecule has 0 bridgehead atoms. The molecular formula is C24H35FN4O6S. The van der Waals surface area contributed by atoms with E-state index in [1.165, 1.54) is 11.0 Å². The van der Waals surface area contributed by atoms with Gasteiger partial charge in [-0.25, -0.2) is 14.0 Å². The number of amides is 3. The molecule has 200 valence electrons. The summed E-state index contributed by atoms with van der Waals surface area (Å²) >= 11 is 1.55. The van der Waals surface area contributed by atoms with E-state index < -0.39 is 41.7 Å². The third-order valence-electron chi connectivity index (χ3n) is 5.59. The van der Waals surface area contributed by atoms with E-state index in [9.17, 15) is 18.8 Å². The molecule has 0 saturated carbocycles. The Morgan fingerprint density at radius 2 is 2.00 bits per heavy atom. The van der Waals surface area contributed by atoms with Crippen LogP contribution >= 0.6 is 11.8 Å². The van der Waals surface area contributed by atoms with Crippen LogP contribution in [-0.2, 0) is 19.0 Å². The van der Waals surface area contributed by atoms with E-state index >= 15 is 0 Å². The van der Waals surface area contributed by atoms with Crippen molar-refractivity contribution >= 4 is 41.2 Å². The predicted molar refractivity (Wildman–Crippen MR) is 136 cm³/mol. The number of thioether (sulfide) groups is 1. The number of hydrogen-bond donors (Lipinski definition) is 2.